The molecule has 8 heteroatoms. The van der Waals surface area contributed by atoms with Gasteiger partial charge in [0.05, 0.1) is 6.04 Å². The summed E-state index contributed by atoms with van der Waals surface area (Å²) in [5.74, 6) is -2.52. The normalized spacial score (nSPS) is 15.4. The van der Waals surface area contributed by atoms with Crippen molar-refractivity contribution in [1.82, 2.24) is 10.6 Å². The number of aliphatic carboxylic acids is 1. The largest absolute Gasteiger partial charge is 0.508 e. The Kier molecular flexibility index (Phi) is 8.91. The molecule has 0 bridgehead atoms. The molecular weight excluding hydrogens is 362 g/mol. The number of nitrogens with one attached hydrogen (secondary N) is 2. The molecule has 156 valence electrons. The highest BCUT2D eigenvalue weighted by Gasteiger charge is 2.31. The van der Waals surface area contributed by atoms with Gasteiger partial charge in [-0.1, -0.05) is 46.2 Å². The van der Waals surface area contributed by atoms with Gasteiger partial charge in [0.1, 0.15) is 17.8 Å². The van der Waals surface area contributed by atoms with Crippen LogP contribution in [0.4, 0.5) is 0 Å². The number of aromatic hydroxyl groups is 1. The molecule has 0 heterocycles. The Hall–Kier alpha value is -2.61. The van der Waals surface area contributed by atoms with Gasteiger partial charge in [0.2, 0.25) is 11.8 Å². The number of hydrogen-bond acceptors (Lipinski definition) is 5. The van der Waals surface area contributed by atoms with Crippen LogP contribution in [0.1, 0.15) is 39.7 Å². The number of carbonyl (C=O) groups is 3. The third kappa shape index (κ3) is 6.84. The first-order chi connectivity index (χ1) is 13.1. The zero-order valence-electron chi connectivity index (χ0n) is 16.8. The number of carboxylic acid groups (broad SMARTS) is 1. The van der Waals surface area contributed by atoms with E-state index in [2.05, 4.69) is 10.6 Å². The molecule has 4 atom stereocenters. The first-order valence-corrected chi connectivity index (χ1v) is 9.43. The lowest BCUT2D eigenvalue weighted by molar-refractivity contribution is -0.143. The third-order valence-electron chi connectivity index (χ3n) is 4.81. The predicted molar refractivity (Wildman–Crippen MR) is 106 cm³/mol. The average molecular weight is 393 g/mol. The Bertz CT molecular complexity index is 675. The van der Waals surface area contributed by atoms with Crippen LogP contribution in [-0.2, 0) is 20.8 Å². The molecule has 0 aliphatic heterocycles. The summed E-state index contributed by atoms with van der Waals surface area (Å²) >= 11 is 0. The fourth-order valence-corrected chi connectivity index (χ4v) is 2.58. The zero-order valence-corrected chi connectivity index (χ0v) is 16.8. The molecule has 0 aliphatic rings. The number of benzene rings is 1. The van der Waals surface area contributed by atoms with E-state index in [1.165, 1.54) is 12.1 Å². The molecule has 8 nitrogen and oxygen atoms in total. The molecule has 0 radical (unpaired) electrons. The summed E-state index contributed by atoms with van der Waals surface area (Å²) in [6, 6.07) is 3.38. The Balaban J connectivity index is 3.03. The maximum atomic E-state index is 12.8. The lowest BCUT2D eigenvalue weighted by Gasteiger charge is -2.26. The minimum atomic E-state index is -1.13. The fraction of sp³-hybridized carbons (Fsp3) is 0.550. The molecule has 2 amide bonds. The maximum Gasteiger partial charge on any atom is 0.326 e. The number of amides is 2. The molecule has 0 fully saturated rings. The second-order valence-corrected chi connectivity index (χ2v) is 7.41. The SMILES string of the molecule is CCC(C)[C@H](NC(=O)[C@H](Cc1ccc(O)cc1)NC(=O)[C@@H](N)C(C)C)C(=O)O. The summed E-state index contributed by atoms with van der Waals surface area (Å²) in [5.41, 5.74) is 6.57. The number of carboxylic acids is 1. The standard InChI is InChI=1S/C20H31N3O5/c1-5-12(4)17(20(27)28)23-18(25)15(22-19(26)16(21)11(2)3)10-13-6-8-14(24)9-7-13/h6-9,11-12,15-17,24H,5,10,21H2,1-4H3,(H,22,26)(H,23,25)(H,27,28)/t12?,15-,16-,17-/m0/s1. The number of hydrogen-bond donors (Lipinski definition) is 5. The van der Waals surface area contributed by atoms with E-state index in [0.29, 0.717) is 12.0 Å². The van der Waals surface area contributed by atoms with Crippen LogP contribution in [0.15, 0.2) is 24.3 Å². The van der Waals surface area contributed by atoms with Crippen LogP contribution in [-0.4, -0.2) is 46.1 Å². The van der Waals surface area contributed by atoms with Crippen molar-refractivity contribution in [2.45, 2.75) is 58.7 Å². The molecule has 0 saturated carbocycles. The van der Waals surface area contributed by atoms with Crippen molar-refractivity contribution in [3.8, 4) is 5.75 Å². The first kappa shape index (κ1) is 23.4. The monoisotopic (exact) mass is 393 g/mol. The summed E-state index contributed by atoms with van der Waals surface area (Å²) in [5, 5.41) is 24.0. The van der Waals surface area contributed by atoms with E-state index in [-0.39, 0.29) is 24.0 Å². The van der Waals surface area contributed by atoms with E-state index in [9.17, 15) is 24.6 Å². The van der Waals surface area contributed by atoms with Crippen LogP contribution in [0, 0.1) is 11.8 Å². The van der Waals surface area contributed by atoms with E-state index < -0.39 is 35.9 Å². The van der Waals surface area contributed by atoms with E-state index in [1.54, 1.807) is 32.9 Å². The molecule has 0 saturated heterocycles. The van der Waals surface area contributed by atoms with Crippen molar-refractivity contribution in [3.05, 3.63) is 29.8 Å². The summed E-state index contributed by atoms with van der Waals surface area (Å²) in [7, 11) is 0. The molecule has 1 aromatic rings. The third-order valence-corrected chi connectivity index (χ3v) is 4.81. The molecule has 28 heavy (non-hydrogen) atoms. The molecule has 1 unspecified atom stereocenters. The topological polar surface area (TPSA) is 142 Å². The quantitative estimate of drug-likeness (QED) is 0.402. The number of rotatable bonds is 10. The molecule has 0 aromatic heterocycles. The molecule has 1 aromatic carbocycles. The summed E-state index contributed by atoms with van der Waals surface area (Å²) in [6.45, 7) is 7.16. The highest BCUT2D eigenvalue weighted by molar-refractivity contribution is 5.92. The molecule has 6 N–H and O–H groups in total. The van der Waals surface area contributed by atoms with Crippen molar-refractivity contribution < 1.29 is 24.6 Å². The average Bonchev–Trinajstić information content (AvgIpc) is 2.65. The lowest BCUT2D eigenvalue weighted by atomic mass is 9.97. The predicted octanol–water partition coefficient (Wildman–Crippen LogP) is 1.02. The molecule has 1 rings (SSSR count). The van der Waals surface area contributed by atoms with Gasteiger partial charge in [-0.2, -0.15) is 0 Å². The van der Waals surface area contributed by atoms with Crippen molar-refractivity contribution in [1.29, 1.82) is 0 Å². The summed E-state index contributed by atoms with van der Waals surface area (Å²) < 4.78 is 0. The highest BCUT2D eigenvalue weighted by atomic mass is 16.4. The lowest BCUT2D eigenvalue weighted by Crippen LogP contribution is -2.57. The van der Waals surface area contributed by atoms with Gasteiger partial charge in [0, 0.05) is 6.42 Å². The van der Waals surface area contributed by atoms with E-state index >= 15 is 0 Å². The number of nitrogens with two attached hydrogens (primary N) is 1. The molecule has 0 spiro atoms. The van der Waals surface area contributed by atoms with Gasteiger partial charge in [-0.25, -0.2) is 4.79 Å². The minimum Gasteiger partial charge on any atom is -0.508 e. The van der Waals surface area contributed by atoms with Gasteiger partial charge in [0.15, 0.2) is 0 Å². The van der Waals surface area contributed by atoms with Crippen molar-refractivity contribution in [2.75, 3.05) is 0 Å². The zero-order chi connectivity index (χ0) is 21.4. The van der Waals surface area contributed by atoms with Gasteiger partial charge >= 0.3 is 5.97 Å². The number of phenols is 1. The first-order valence-electron chi connectivity index (χ1n) is 9.43. The second kappa shape index (κ2) is 10.7. The fourth-order valence-electron chi connectivity index (χ4n) is 2.58. The minimum absolute atomic E-state index is 0.0818. The summed E-state index contributed by atoms with van der Waals surface area (Å²) in [4.78, 5) is 36.7. The Labute approximate surface area is 165 Å². The number of carbonyl (C=O) groups excluding carboxylic acids is 2. The Morgan fingerprint density at radius 2 is 1.61 bits per heavy atom. The highest BCUT2D eigenvalue weighted by Crippen LogP contribution is 2.13. The molecule has 0 aliphatic carbocycles. The van der Waals surface area contributed by atoms with Gasteiger partial charge < -0.3 is 26.6 Å². The second-order valence-electron chi connectivity index (χ2n) is 7.41. The van der Waals surface area contributed by atoms with Crippen LogP contribution >= 0.6 is 0 Å². The Morgan fingerprint density at radius 3 is 2.07 bits per heavy atom. The van der Waals surface area contributed by atoms with Crippen LogP contribution in [0.3, 0.4) is 0 Å². The van der Waals surface area contributed by atoms with Crippen molar-refractivity contribution >= 4 is 17.8 Å². The molecular formula is C20H31N3O5. The van der Waals surface area contributed by atoms with Gasteiger partial charge in [-0.3, -0.25) is 9.59 Å². The van der Waals surface area contributed by atoms with E-state index in [4.69, 9.17) is 5.73 Å². The van der Waals surface area contributed by atoms with Gasteiger partial charge in [0.25, 0.3) is 0 Å². The summed E-state index contributed by atoms with van der Waals surface area (Å²) in [6.07, 6.45) is 0.708. The van der Waals surface area contributed by atoms with Gasteiger partial charge in [-0.05, 0) is 29.5 Å². The van der Waals surface area contributed by atoms with Crippen LogP contribution < -0.4 is 16.4 Å². The van der Waals surface area contributed by atoms with Crippen molar-refractivity contribution in [3.63, 3.8) is 0 Å². The van der Waals surface area contributed by atoms with Crippen LogP contribution in [0.5, 0.6) is 5.75 Å². The maximum absolute atomic E-state index is 12.8. The van der Waals surface area contributed by atoms with Crippen molar-refractivity contribution in [2.24, 2.45) is 17.6 Å². The van der Waals surface area contributed by atoms with Crippen LogP contribution in [0.25, 0.3) is 0 Å². The number of phenolic OH excluding ortho intramolecular Hbond substituents is 1. The van der Waals surface area contributed by atoms with Gasteiger partial charge in [-0.15, -0.1) is 0 Å². The van der Waals surface area contributed by atoms with E-state index in [1.807, 2.05) is 6.92 Å². The Morgan fingerprint density at radius 1 is 1.04 bits per heavy atom. The smallest absolute Gasteiger partial charge is 0.326 e. The van der Waals surface area contributed by atoms with E-state index in [0.717, 1.165) is 0 Å². The van der Waals surface area contributed by atoms with Crippen LogP contribution in [0.2, 0.25) is 0 Å².